The van der Waals surface area contributed by atoms with Crippen LogP contribution in [0.2, 0.25) is 0 Å². The van der Waals surface area contributed by atoms with Gasteiger partial charge in [0.2, 0.25) is 0 Å². The molecule has 0 unspecified atom stereocenters. The van der Waals surface area contributed by atoms with E-state index >= 15 is 0 Å². The molecule has 1 aliphatic rings. The molecule has 3 rings (SSSR count). The summed E-state index contributed by atoms with van der Waals surface area (Å²) in [5.41, 5.74) is 2.16. The van der Waals surface area contributed by atoms with Gasteiger partial charge in [-0.3, -0.25) is 4.79 Å². The Hall–Kier alpha value is -2.58. The number of nitrogens with zero attached hydrogens (tertiary/aromatic N) is 3. The molecule has 0 saturated carbocycles. The number of hydrogen-bond acceptors (Lipinski definition) is 3. The number of carbonyl (C=O) groups is 1. The molecular weight excluding hydrogens is 378 g/mol. The van der Waals surface area contributed by atoms with Gasteiger partial charge in [0.05, 0.1) is 0 Å². The molecule has 0 radical (unpaired) electrons. The standard InChI is InChI=1S/C20H18BrN3O/c21-19-9-5-4-6-16(19)14-17(15-22)20(25)24-12-10-23(11-13-24)18-7-2-1-3-8-18/h1-9,14H,10-13H2/b17-14-. The van der Waals surface area contributed by atoms with Gasteiger partial charge in [-0.1, -0.05) is 52.3 Å². The number of piperazine rings is 1. The van der Waals surface area contributed by atoms with Gasteiger partial charge in [0.1, 0.15) is 11.6 Å². The number of amides is 1. The number of hydrogen-bond donors (Lipinski definition) is 0. The number of anilines is 1. The zero-order chi connectivity index (χ0) is 17.6. The number of benzene rings is 2. The maximum Gasteiger partial charge on any atom is 0.264 e. The summed E-state index contributed by atoms with van der Waals surface area (Å²) in [5, 5.41) is 9.42. The zero-order valence-corrected chi connectivity index (χ0v) is 15.3. The highest BCUT2D eigenvalue weighted by Gasteiger charge is 2.23. The van der Waals surface area contributed by atoms with E-state index in [-0.39, 0.29) is 11.5 Å². The third-order valence-corrected chi connectivity index (χ3v) is 4.97. The molecule has 2 aromatic rings. The molecule has 1 aliphatic heterocycles. The van der Waals surface area contributed by atoms with Gasteiger partial charge >= 0.3 is 0 Å². The van der Waals surface area contributed by atoms with Crippen LogP contribution in [0.1, 0.15) is 5.56 Å². The topological polar surface area (TPSA) is 47.3 Å². The molecule has 1 fully saturated rings. The van der Waals surface area contributed by atoms with E-state index < -0.39 is 0 Å². The van der Waals surface area contributed by atoms with Crippen LogP contribution in [0.5, 0.6) is 0 Å². The first kappa shape index (κ1) is 17.2. The molecule has 5 heteroatoms. The van der Waals surface area contributed by atoms with E-state index in [4.69, 9.17) is 0 Å². The van der Waals surface area contributed by atoms with E-state index in [0.717, 1.165) is 23.1 Å². The van der Waals surface area contributed by atoms with Crippen molar-refractivity contribution in [3.05, 3.63) is 70.2 Å². The van der Waals surface area contributed by atoms with E-state index in [1.807, 2.05) is 42.5 Å². The molecule has 0 aromatic heterocycles. The van der Waals surface area contributed by atoms with E-state index in [0.29, 0.717) is 13.1 Å². The fourth-order valence-corrected chi connectivity index (χ4v) is 3.27. The molecule has 4 nitrogen and oxygen atoms in total. The van der Waals surface area contributed by atoms with Crippen LogP contribution in [-0.4, -0.2) is 37.0 Å². The van der Waals surface area contributed by atoms with Crippen molar-refractivity contribution >= 4 is 33.6 Å². The molecule has 0 spiro atoms. The summed E-state index contributed by atoms with van der Waals surface area (Å²) in [7, 11) is 0. The van der Waals surface area contributed by atoms with Crippen LogP contribution in [-0.2, 0) is 4.79 Å². The Morgan fingerprint density at radius 3 is 2.28 bits per heavy atom. The summed E-state index contributed by atoms with van der Waals surface area (Å²) in [4.78, 5) is 16.7. The highest BCUT2D eigenvalue weighted by atomic mass is 79.9. The van der Waals surface area contributed by atoms with Crippen molar-refractivity contribution in [2.75, 3.05) is 31.1 Å². The van der Waals surface area contributed by atoms with Gasteiger partial charge in [0, 0.05) is 36.3 Å². The van der Waals surface area contributed by atoms with E-state index in [9.17, 15) is 10.1 Å². The number of nitriles is 1. The summed E-state index contributed by atoms with van der Waals surface area (Å²) >= 11 is 3.45. The molecule has 126 valence electrons. The van der Waals surface area contributed by atoms with E-state index in [1.54, 1.807) is 11.0 Å². The lowest BCUT2D eigenvalue weighted by molar-refractivity contribution is -0.126. The molecule has 25 heavy (non-hydrogen) atoms. The van der Waals surface area contributed by atoms with Crippen LogP contribution in [0, 0.1) is 11.3 Å². The lowest BCUT2D eigenvalue weighted by Crippen LogP contribution is -2.49. The van der Waals surface area contributed by atoms with Crippen molar-refractivity contribution in [1.82, 2.24) is 4.90 Å². The lowest BCUT2D eigenvalue weighted by Gasteiger charge is -2.36. The van der Waals surface area contributed by atoms with Crippen LogP contribution in [0.15, 0.2) is 64.6 Å². The van der Waals surface area contributed by atoms with Crippen molar-refractivity contribution in [2.45, 2.75) is 0 Å². The zero-order valence-electron chi connectivity index (χ0n) is 13.7. The molecular formula is C20H18BrN3O. The first-order chi connectivity index (χ1) is 12.2. The maximum absolute atomic E-state index is 12.7. The van der Waals surface area contributed by atoms with Crippen molar-refractivity contribution < 1.29 is 4.79 Å². The average molecular weight is 396 g/mol. The predicted molar refractivity (Wildman–Crippen MR) is 103 cm³/mol. The lowest BCUT2D eigenvalue weighted by atomic mass is 10.1. The first-order valence-corrected chi connectivity index (χ1v) is 8.94. The minimum Gasteiger partial charge on any atom is -0.368 e. The Balaban J connectivity index is 1.69. The number of rotatable bonds is 3. The van der Waals surface area contributed by atoms with Gasteiger partial charge < -0.3 is 9.80 Å². The minimum atomic E-state index is -0.203. The second-order valence-corrected chi connectivity index (χ2v) is 6.66. The first-order valence-electron chi connectivity index (χ1n) is 8.14. The fraction of sp³-hybridized carbons (Fsp3) is 0.200. The predicted octanol–water partition coefficient (Wildman–Crippen LogP) is 3.70. The number of halogens is 1. The molecule has 1 saturated heterocycles. The van der Waals surface area contributed by atoms with Crippen LogP contribution >= 0.6 is 15.9 Å². The van der Waals surface area contributed by atoms with Gasteiger partial charge in [-0.25, -0.2) is 0 Å². The van der Waals surface area contributed by atoms with Gasteiger partial charge in [-0.2, -0.15) is 5.26 Å². The van der Waals surface area contributed by atoms with Crippen LogP contribution in [0.4, 0.5) is 5.69 Å². The molecule has 0 atom stereocenters. The molecule has 1 heterocycles. The van der Waals surface area contributed by atoms with Crippen LogP contribution in [0.25, 0.3) is 6.08 Å². The Labute approximate surface area is 156 Å². The highest BCUT2D eigenvalue weighted by Crippen LogP contribution is 2.21. The Morgan fingerprint density at radius 1 is 1.00 bits per heavy atom. The summed E-state index contributed by atoms with van der Waals surface area (Å²) in [6.45, 7) is 2.76. The summed E-state index contributed by atoms with van der Waals surface area (Å²) in [6.07, 6.45) is 1.65. The Morgan fingerprint density at radius 2 is 1.64 bits per heavy atom. The molecule has 1 amide bonds. The number of para-hydroxylation sites is 1. The van der Waals surface area contributed by atoms with Crippen molar-refractivity contribution in [2.24, 2.45) is 0 Å². The minimum absolute atomic E-state index is 0.167. The number of carbonyl (C=O) groups excluding carboxylic acids is 1. The average Bonchev–Trinajstić information content (AvgIpc) is 2.68. The second-order valence-electron chi connectivity index (χ2n) is 5.81. The van der Waals surface area contributed by atoms with Gasteiger partial charge in [0.15, 0.2) is 0 Å². The SMILES string of the molecule is N#C/C(=C/c1ccccc1Br)C(=O)N1CCN(c2ccccc2)CC1. The maximum atomic E-state index is 12.7. The van der Waals surface area contributed by atoms with Gasteiger partial charge in [-0.05, 0) is 29.8 Å². The van der Waals surface area contributed by atoms with E-state index in [2.05, 4.69) is 39.0 Å². The third-order valence-electron chi connectivity index (χ3n) is 4.24. The van der Waals surface area contributed by atoms with Gasteiger partial charge in [0.25, 0.3) is 5.91 Å². The summed E-state index contributed by atoms with van der Waals surface area (Å²) in [6, 6.07) is 19.8. The highest BCUT2D eigenvalue weighted by molar-refractivity contribution is 9.10. The largest absolute Gasteiger partial charge is 0.368 e. The monoisotopic (exact) mass is 395 g/mol. The Bertz CT molecular complexity index is 818. The summed E-state index contributed by atoms with van der Waals surface area (Å²) in [5.74, 6) is -0.203. The Kier molecular flexibility index (Phi) is 5.52. The molecule has 0 N–H and O–H groups in total. The fourth-order valence-electron chi connectivity index (χ4n) is 2.87. The van der Waals surface area contributed by atoms with Crippen molar-refractivity contribution in [3.8, 4) is 6.07 Å². The van der Waals surface area contributed by atoms with Crippen LogP contribution in [0.3, 0.4) is 0 Å². The van der Waals surface area contributed by atoms with Crippen molar-refractivity contribution in [1.29, 1.82) is 5.26 Å². The van der Waals surface area contributed by atoms with Crippen LogP contribution < -0.4 is 4.90 Å². The van der Waals surface area contributed by atoms with E-state index in [1.165, 1.54) is 5.69 Å². The molecule has 2 aromatic carbocycles. The molecule has 0 bridgehead atoms. The second kappa shape index (κ2) is 8.00. The smallest absolute Gasteiger partial charge is 0.264 e. The quantitative estimate of drug-likeness (QED) is 0.587. The normalized spacial score (nSPS) is 15.0. The third kappa shape index (κ3) is 4.09. The summed E-state index contributed by atoms with van der Waals surface area (Å²) < 4.78 is 0.865. The molecule has 0 aliphatic carbocycles. The van der Waals surface area contributed by atoms with Crippen molar-refractivity contribution in [3.63, 3.8) is 0 Å². The van der Waals surface area contributed by atoms with Gasteiger partial charge in [-0.15, -0.1) is 0 Å².